The fourth-order valence-corrected chi connectivity index (χ4v) is 1.76. The van der Waals surface area contributed by atoms with Crippen molar-refractivity contribution in [3.63, 3.8) is 0 Å². The van der Waals surface area contributed by atoms with Gasteiger partial charge in [-0.1, -0.05) is 30.3 Å². The van der Waals surface area contributed by atoms with Gasteiger partial charge in [0.1, 0.15) is 0 Å². The molecule has 1 nitrogen and oxygen atoms in total. The summed E-state index contributed by atoms with van der Waals surface area (Å²) in [6.45, 7) is 2.74. The van der Waals surface area contributed by atoms with Gasteiger partial charge in [-0.2, -0.15) is 11.6 Å². The summed E-state index contributed by atoms with van der Waals surface area (Å²) in [4.78, 5) is 0. The fourth-order valence-electron chi connectivity index (χ4n) is 1.76. The van der Waals surface area contributed by atoms with Crippen LogP contribution in [0.3, 0.4) is 0 Å². The maximum atomic E-state index is 5.76. The maximum Gasteiger partial charge on any atom is 3.00 e. The molecule has 0 bridgehead atoms. The first kappa shape index (κ1) is 20.3. The average Bonchev–Trinajstić information content (AvgIpc) is 2.80. The first-order chi connectivity index (χ1) is 7.42. The molecule has 1 radical (unpaired) electrons. The van der Waals surface area contributed by atoms with Gasteiger partial charge in [-0.3, -0.25) is 6.08 Å². The van der Waals surface area contributed by atoms with Gasteiger partial charge >= 0.3 is 21.7 Å². The summed E-state index contributed by atoms with van der Waals surface area (Å²) in [6.07, 6.45) is 8.50. The number of hydrogen-bond acceptors (Lipinski definition) is 1. The van der Waals surface area contributed by atoms with Crippen LogP contribution in [0.4, 0.5) is 0 Å². The van der Waals surface area contributed by atoms with Gasteiger partial charge in [0, 0.05) is 6.61 Å². The van der Waals surface area contributed by atoms with Crippen LogP contribution in [-0.4, -0.2) is 6.61 Å². The van der Waals surface area contributed by atoms with E-state index in [1.165, 1.54) is 5.56 Å². The number of benzene rings is 1. The fraction of sp³-hybridized carbons (Fsp3) is 0.286. The van der Waals surface area contributed by atoms with Crippen LogP contribution >= 0.6 is 0 Å². The second-order valence-corrected chi connectivity index (χ2v) is 3.48. The summed E-state index contributed by atoms with van der Waals surface area (Å²) in [6, 6.07) is 10.3. The largest absolute Gasteiger partial charge is 3.00 e. The molecule has 1 aromatic rings. The van der Waals surface area contributed by atoms with E-state index < -0.39 is 0 Å². The van der Waals surface area contributed by atoms with E-state index >= 15 is 0 Å². The Kier molecular flexibility index (Phi) is 12.2. The maximum absolute atomic E-state index is 5.76. The van der Waals surface area contributed by atoms with Crippen molar-refractivity contribution in [3.8, 4) is 0 Å². The summed E-state index contributed by atoms with van der Waals surface area (Å²) < 4.78 is 5.76. The normalized spacial score (nSPS) is 13.7. The van der Waals surface area contributed by atoms with Crippen molar-refractivity contribution in [2.24, 2.45) is 0 Å². The van der Waals surface area contributed by atoms with Gasteiger partial charge in [-0.05, 0) is 12.5 Å². The second-order valence-electron chi connectivity index (χ2n) is 3.48. The monoisotopic (exact) mass is 317 g/mol. The minimum absolute atomic E-state index is 0. The van der Waals surface area contributed by atoms with Crippen molar-refractivity contribution in [3.05, 3.63) is 59.7 Å². The number of allylic oxidation sites excluding steroid dienone is 2. The molecule has 2 rings (SSSR count). The molecule has 95 valence electrons. The van der Waals surface area contributed by atoms with Gasteiger partial charge in [0.2, 0.25) is 0 Å². The predicted octanol–water partition coefficient (Wildman–Crippen LogP) is -2.54. The topological polar surface area (TPSA) is 9.23 Å². The molecule has 0 saturated heterocycles. The smallest absolute Gasteiger partial charge is 1.00 e. The Hall–Kier alpha value is -0.0457. The van der Waals surface area contributed by atoms with E-state index in [0.717, 1.165) is 18.6 Å². The van der Waals surface area contributed by atoms with Crippen LogP contribution < -0.4 is 24.8 Å². The summed E-state index contributed by atoms with van der Waals surface area (Å²) in [5.41, 5.74) is 2.36. The minimum Gasteiger partial charge on any atom is -1.00 e. The van der Waals surface area contributed by atoms with Crippen LogP contribution in [0.2, 0.25) is 0 Å². The number of hydrogen-bond donors (Lipinski definition) is 0. The molecule has 0 aromatic heterocycles. The van der Waals surface area contributed by atoms with E-state index in [0.29, 0.717) is 0 Å². The zero-order valence-corrected chi connectivity index (χ0v) is 13.3. The van der Waals surface area contributed by atoms with E-state index in [-0.39, 0.29) is 52.6 Å². The molecule has 0 spiro atoms. The van der Waals surface area contributed by atoms with Crippen LogP contribution in [0.15, 0.2) is 48.1 Å². The Bertz CT molecular complexity index is 377. The molecule has 18 heavy (non-hydrogen) atoms. The zero-order valence-electron chi connectivity index (χ0n) is 10.2. The molecular formula is C14H15Cl2OTi. The summed E-state index contributed by atoms with van der Waals surface area (Å²) in [7, 11) is 0. The Labute approximate surface area is 136 Å². The van der Waals surface area contributed by atoms with Crippen molar-refractivity contribution < 1.29 is 51.3 Å². The molecule has 1 aliphatic carbocycles. The second kappa shape index (κ2) is 10.8. The first-order valence-corrected chi connectivity index (χ1v) is 5.35. The Morgan fingerprint density at radius 3 is 2.39 bits per heavy atom. The van der Waals surface area contributed by atoms with Crippen molar-refractivity contribution in [1.82, 2.24) is 0 Å². The van der Waals surface area contributed by atoms with Crippen molar-refractivity contribution in [2.45, 2.75) is 19.4 Å². The van der Waals surface area contributed by atoms with Gasteiger partial charge in [-0.15, -0.1) is 6.42 Å². The van der Waals surface area contributed by atoms with E-state index in [2.05, 4.69) is 30.4 Å². The minimum atomic E-state index is 0. The molecule has 0 heterocycles. The number of rotatable bonds is 4. The molecule has 1 aliphatic rings. The Balaban J connectivity index is 0. The summed E-state index contributed by atoms with van der Waals surface area (Å²) >= 11 is 0. The first-order valence-electron chi connectivity index (χ1n) is 5.35. The van der Waals surface area contributed by atoms with Gasteiger partial charge in [0.15, 0.2) is 0 Å². The van der Waals surface area contributed by atoms with Gasteiger partial charge in [0.25, 0.3) is 0 Å². The van der Waals surface area contributed by atoms with E-state index in [1.54, 1.807) is 0 Å². The molecule has 4 heteroatoms. The molecule has 1 aromatic carbocycles. The molecule has 0 N–H and O–H groups in total. The van der Waals surface area contributed by atoms with E-state index in [1.807, 2.05) is 25.1 Å². The summed E-state index contributed by atoms with van der Waals surface area (Å²) in [5, 5.41) is 0. The average molecular weight is 318 g/mol. The third-order valence-corrected chi connectivity index (χ3v) is 2.44. The van der Waals surface area contributed by atoms with Crippen molar-refractivity contribution in [2.75, 3.05) is 6.61 Å². The van der Waals surface area contributed by atoms with E-state index in [9.17, 15) is 0 Å². The van der Waals surface area contributed by atoms with E-state index in [4.69, 9.17) is 4.74 Å². The van der Waals surface area contributed by atoms with Crippen LogP contribution in [0.5, 0.6) is 0 Å². The van der Waals surface area contributed by atoms with Crippen LogP contribution in [0.25, 0.3) is 0 Å². The van der Waals surface area contributed by atoms with Crippen LogP contribution in [0, 0.1) is 6.08 Å². The standard InChI is InChI=1S/C14H15O.2ClH.Ti/c1-2-15-14(13-10-6-7-11-13)12-8-4-3-5-9-12;;;/h3-6,8-10,14H,2,7H2,1H3;2*1H;/q-1;;;+3/p-2. The number of halogens is 2. The SMILES string of the molecule is CCOC(C1=[C-]CC=C1)c1ccccc1.[Cl-].[Cl-].[Ti+3]. The van der Waals surface area contributed by atoms with Gasteiger partial charge in [0.05, 0.1) is 6.10 Å². The van der Waals surface area contributed by atoms with Gasteiger partial charge in [-0.25, -0.2) is 6.08 Å². The van der Waals surface area contributed by atoms with Crippen molar-refractivity contribution >= 4 is 0 Å². The molecular weight excluding hydrogens is 303 g/mol. The molecule has 0 aliphatic heterocycles. The quantitative estimate of drug-likeness (QED) is 0.439. The molecule has 1 unspecified atom stereocenters. The summed E-state index contributed by atoms with van der Waals surface area (Å²) in [5.74, 6) is 0. The molecule has 1 atom stereocenters. The molecule has 0 saturated carbocycles. The van der Waals surface area contributed by atoms with Crippen LogP contribution in [0.1, 0.15) is 25.0 Å². The third kappa shape index (κ3) is 5.30. The van der Waals surface area contributed by atoms with Crippen molar-refractivity contribution in [1.29, 1.82) is 0 Å². The zero-order chi connectivity index (χ0) is 10.5. The Morgan fingerprint density at radius 2 is 1.89 bits per heavy atom. The number of ether oxygens (including phenoxy) is 1. The molecule has 0 amide bonds. The van der Waals surface area contributed by atoms with Crippen LogP contribution in [-0.2, 0) is 26.5 Å². The van der Waals surface area contributed by atoms with Gasteiger partial charge < -0.3 is 29.6 Å². The predicted molar refractivity (Wildman–Crippen MR) is 61.3 cm³/mol. The third-order valence-electron chi connectivity index (χ3n) is 2.44. The molecule has 0 fully saturated rings. The Morgan fingerprint density at radius 1 is 1.22 bits per heavy atom.